The summed E-state index contributed by atoms with van der Waals surface area (Å²) in [5.74, 6) is 0.979. The Labute approximate surface area is 156 Å². The quantitative estimate of drug-likeness (QED) is 0.761. The number of aromatic nitrogens is 3. The minimum absolute atomic E-state index is 0.366. The molecule has 2 aromatic heterocycles. The number of aryl methyl sites for hydroxylation is 1. The number of nitrogens with zero attached hydrogens (tertiary/aromatic N) is 6. The largest absolute Gasteiger partial charge is 0.358 e. The SMILES string of the molecule is CN(C)CCN(C)c1cc(CN(C)C2CCCc3cccnc32)ncn1. The molecule has 0 fully saturated rings. The van der Waals surface area contributed by atoms with Crippen molar-refractivity contribution in [1.29, 1.82) is 0 Å². The fourth-order valence-corrected chi connectivity index (χ4v) is 3.53. The molecule has 1 aliphatic rings. The second-order valence-electron chi connectivity index (χ2n) is 7.46. The topological polar surface area (TPSA) is 48.4 Å². The third kappa shape index (κ3) is 4.56. The van der Waals surface area contributed by atoms with Gasteiger partial charge in [-0.05, 0) is 52.0 Å². The first-order valence-electron chi connectivity index (χ1n) is 9.35. The monoisotopic (exact) mass is 354 g/mol. The van der Waals surface area contributed by atoms with Crippen LogP contribution in [0.1, 0.15) is 35.8 Å². The lowest BCUT2D eigenvalue weighted by Crippen LogP contribution is -2.30. The Balaban J connectivity index is 1.68. The van der Waals surface area contributed by atoms with E-state index in [4.69, 9.17) is 0 Å². The Kier molecular flexibility index (Phi) is 6.16. The third-order valence-corrected chi connectivity index (χ3v) is 5.09. The van der Waals surface area contributed by atoms with E-state index in [-0.39, 0.29) is 0 Å². The van der Waals surface area contributed by atoms with E-state index >= 15 is 0 Å². The number of fused-ring (bicyclic) bond motifs is 1. The van der Waals surface area contributed by atoms with Crippen molar-refractivity contribution in [2.45, 2.75) is 31.8 Å². The third-order valence-electron chi connectivity index (χ3n) is 5.09. The molecule has 0 amide bonds. The van der Waals surface area contributed by atoms with Crippen LogP contribution in [0.2, 0.25) is 0 Å². The average molecular weight is 355 g/mol. The van der Waals surface area contributed by atoms with E-state index in [0.29, 0.717) is 6.04 Å². The zero-order valence-electron chi connectivity index (χ0n) is 16.4. The summed E-state index contributed by atoms with van der Waals surface area (Å²) in [7, 11) is 8.43. The number of anilines is 1. The van der Waals surface area contributed by atoms with Crippen molar-refractivity contribution in [3.63, 3.8) is 0 Å². The molecule has 6 heteroatoms. The summed E-state index contributed by atoms with van der Waals surface area (Å²) in [6.07, 6.45) is 7.10. The van der Waals surface area contributed by atoms with Gasteiger partial charge in [-0.25, -0.2) is 9.97 Å². The number of hydrogen-bond acceptors (Lipinski definition) is 6. The minimum Gasteiger partial charge on any atom is -0.358 e. The molecule has 0 N–H and O–H groups in total. The summed E-state index contributed by atoms with van der Waals surface area (Å²) < 4.78 is 0. The molecule has 0 radical (unpaired) electrons. The lowest BCUT2D eigenvalue weighted by molar-refractivity contribution is 0.206. The van der Waals surface area contributed by atoms with E-state index in [1.54, 1.807) is 6.33 Å². The molecule has 0 bridgehead atoms. The van der Waals surface area contributed by atoms with Crippen molar-refractivity contribution in [3.05, 3.63) is 47.7 Å². The summed E-state index contributed by atoms with van der Waals surface area (Å²) in [6, 6.07) is 6.73. The molecule has 140 valence electrons. The van der Waals surface area contributed by atoms with Crippen molar-refractivity contribution < 1.29 is 0 Å². The van der Waals surface area contributed by atoms with Gasteiger partial charge in [-0.2, -0.15) is 0 Å². The van der Waals surface area contributed by atoms with E-state index in [1.807, 2.05) is 12.3 Å². The molecule has 2 heterocycles. The molecule has 26 heavy (non-hydrogen) atoms. The highest BCUT2D eigenvalue weighted by molar-refractivity contribution is 5.37. The summed E-state index contributed by atoms with van der Waals surface area (Å²) in [6.45, 7) is 2.75. The number of pyridine rings is 1. The van der Waals surface area contributed by atoms with Crippen molar-refractivity contribution in [1.82, 2.24) is 24.8 Å². The molecule has 3 rings (SSSR count). The van der Waals surface area contributed by atoms with Crippen LogP contribution in [0.4, 0.5) is 5.82 Å². The van der Waals surface area contributed by atoms with E-state index in [1.165, 1.54) is 17.7 Å². The Morgan fingerprint density at radius 1 is 1.08 bits per heavy atom. The molecule has 6 nitrogen and oxygen atoms in total. The highest BCUT2D eigenvalue weighted by Gasteiger charge is 2.25. The molecule has 1 unspecified atom stereocenters. The summed E-state index contributed by atoms with van der Waals surface area (Å²) in [5, 5.41) is 0. The van der Waals surface area contributed by atoms with Crippen LogP contribution >= 0.6 is 0 Å². The molecule has 0 spiro atoms. The molecule has 0 aliphatic heterocycles. The lowest BCUT2D eigenvalue weighted by atomic mass is 9.91. The first kappa shape index (κ1) is 18.7. The van der Waals surface area contributed by atoms with Crippen LogP contribution in [-0.4, -0.2) is 66.0 Å². The smallest absolute Gasteiger partial charge is 0.132 e. The van der Waals surface area contributed by atoms with Gasteiger partial charge in [0.15, 0.2) is 0 Å². The van der Waals surface area contributed by atoms with Gasteiger partial charge in [0, 0.05) is 38.9 Å². The Bertz CT molecular complexity index is 717. The fraction of sp³-hybridized carbons (Fsp3) is 0.550. The van der Waals surface area contributed by atoms with Gasteiger partial charge in [0.25, 0.3) is 0 Å². The van der Waals surface area contributed by atoms with Gasteiger partial charge >= 0.3 is 0 Å². The van der Waals surface area contributed by atoms with Crippen LogP contribution in [0, 0.1) is 0 Å². The molecule has 1 aliphatic carbocycles. The van der Waals surface area contributed by atoms with Crippen LogP contribution < -0.4 is 4.90 Å². The van der Waals surface area contributed by atoms with Crippen molar-refractivity contribution in [2.24, 2.45) is 0 Å². The van der Waals surface area contributed by atoms with Crippen LogP contribution in [0.15, 0.2) is 30.7 Å². The standard InChI is InChI=1S/C20H30N6/c1-24(2)11-12-25(3)19-13-17(22-15-23-19)14-26(4)18-9-5-7-16-8-6-10-21-20(16)18/h6,8,10,13,15,18H,5,7,9,11-12,14H2,1-4H3. The molecule has 0 aromatic carbocycles. The van der Waals surface area contributed by atoms with Gasteiger partial charge in [-0.1, -0.05) is 6.07 Å². The van der Waals surface area contributed by atoms with Crippen LogP contribution in [0.3, 0.4) is 0 Å². The molecule has 2 aromatic rings. The zero-order valence-corrected chi connectivity index (χ0v) is 16.4. The molecule has 1 atom stereocenters. The average Bonchev–Trinajstić information content (AvgIpc) is 2.65. The van der Waals surface area contributed by atoms with Crippen LogP contribution in [0.5, 0.6) is 0 Å². The van der Waals surface area contributed by atoms with Gasteiger partial charge in [0.05, 0.1) is 17.4 Å². The Hall–Kier alpha value is -2.05. The first-order chi connectivity index (χ1) is 12.5. The lowest BCUT2D eigenvalue weighted by Gasteiger charge is -2.32. The fourth-order valence-electron chi connectivity index (χ4n) is 3.53. The zero-order chi connectivity index (χ0) is 18.5. The normalized spacial score (nSPS) is 16.8. The van der Waals surface area contributed by atoms with Gasteiger partial charge < -0.3 is 9.80 Å². The number of likely N-dealkylation sites (N-methyl/N-ethyl adjacent to an activating group) is 2. The van der Waals surface area contributed by atoms with Crippen molar-refractivity contribution in [2.75, 3.05) is 46.2 Å². The summed E-state index contributed by atoms with van der Waals surface area (Å²) in [4.78, 5) is 20.3. The van der Waals surface area contributed by atoms with Gasteiger partial charge in [-0.15, -0.1) is 0 Å². The van der Waals surface area contributed by atoms with E-state index < -0.39 is 0 Å². The highest BCUT2D eigenvalue weighted by Crippen LogP contribution is 2.32. The van der Waals surface area contributed by atoms with E-state index in [9.17, 15) is 0 Å². The second-order valence-corrected chi connectivity index (χ2v) is 7.46. The van der Waals surface area contributed by atoms with E-state index in [0.717, 1.165) is 44.0 Å². The van der Waals surface area contributed by atoms with Crippen molar-refractivity contribution >= 4 is 5.82 Å². The van der Waals surface area contributed by atoms with Crippen LogP contribution in [-0.2, 0) is 13.0 Å². The molecule has 0 saturated carbocycles. The summed E-state index contributed by atoms with van der Waals surface area (Å²) >= 11 is 0. The number of rotatable bonds is 7. The minimum atomic E-state index is 0.366. The predicted octanol–water partition coefficient (Wildman–Crippen LogP) is 2.38. The maximum atomic E-state index is 4.66. The Morgan fingerprint density at radius 3 is 2.73 bits per heavy atom. The first-order valence-corrected chi connectivity index (χ1v) is 9.35. The second kappa shape index (κ2) is 8.56. The van der Waals surface area contributed by atoms with Crippen molar-refractivity contribution in [3.8, 4) is 0 Å². The molecular weight excluding hydrogens is 324 g/mol. The van der Waals surface area contributed by atoms with E-state index in [2.05, 4.69) is 70.0 Å². The van der Waals surface area contributed by atoms with Gasteiger partial charge in [0.1, 0.15) is 12.1 Å². The predicted molar refractivity (Wildman–Crippen MR) is 105 cm³/mol. The molecule has 0 saturated heterocycles. The highest BCUT2D eigenvalue weighted by atomic mass is 15.2. The molecular formula is C20H30N6. The van der Waals surface area contributed by atoms with Gasteiger partial charge in [-0.3, -0.25) is 9.88 Å². The Morgan fingerprint density at radius 2 is 1.92 bits per heavy atom. The summed E-state index contributed by atoms with van der Waals surface area (Å²) in [5.41, 5.74) is 3.68. The van der Waals surface area contributed by atoms with Crippen LogP contribution in [0.25, 0.3) is 0 Å². The maximum Gasteiger partial charge on any atom is 0.132 e. The number of hydrogen-bond donors (Lipinski definition) is 0. The van der Waals surface area contributed by atoms with Gasteiger partial charge in [0.2, 0.25) is 0 Å². The maximum absolute atomic E-state index is 4.66.